The van der Waals surface area contributed by atoms with Crippen LogP contribution in [0.25, 0.3) is 5.69 Å². The van der Waals surface area contributed by atoms with Crippen molar-refractivity contribution in [1.29, 1.82) is 0 Å². The Morgan fingerprint density at radius 3 is 2.59 bits per heavy atom. The van der Waals surface area contributed by atoms with Crippen molar-refractivity contribution < 1.29 is 9.59 Å². The van der Waals surface area contributed by atoms with E-state index < -0.39 is 0 Å². The Kier molecular flexibility index (Phi) is 7.95. The predicted molar refractivity (Wildman–Crippen MR) is 135 cm³/mol. The van der Waals surface area contributed by atoms with E-state index in [1.807, 2.05) is 42.5 Å². The van der Waals surface area contributed by atoms with Crippen LogP contribution >= 0.6 is 23.4 Å². The van der Waals surface area contributed by atoms with E-state index in [2.05, 4.69) is 20.8 Å². The zero-order chi connectivity index (χ0) is 23.8. The van der Waals surface area contributed by atoms with Gasteiger partial charge in [0.1, 0.15) is 6.33 Å². The maximum atomic E-state index is 12.7. The molecule has 1 aromatic heterocycles. The van der Waals surface area contributed by atoms with Gasteiger partial charge in [0.25, 0.3) is 5.91 Å². The van der Waals surface area contributed by atoms with Crippen LogP contribution in [0.4, 0.5) is 5.69 Å². The lowest BCUT2D eigenvalue weighted by molar-refractivity contribution is -0.113. The van der Waals surface area contributed by atoms with Gasteiger partial charge in [-0.25, -0.2) is 0 Å². The molecule has 1 heterocycles. The zero-order valence-electron chi connectivity index (χ0n) is 18.1. The highest BCUT2D eigenvalue weighted by atomic mass is 35.5. The molecule has 7 nitrogen and oxygen atoms in total. The predicted octanol–water partition coefficient (Wildman–Crippen LogP) is 4.62. The Morgan fingerprint density at radius 2 is 1.76 bits per heavy atom. The van der Waals surface area contributed by atoms with E-state index in [9.17, 15) is 9.59 Å². The molecule has 4 aromatic rings. The first-order chi connectivity index (χ1) is 16.6. The molecule has 2 amide bonds. The first-order valence-electron chi connectivity index (χ1n) is 10.6. The molecular weight excluding hydrogens is 470 g/mol. The second-order valence-electron chi connectivity index (χ2n) is 7.34. The molecule has 4 rings (SSSR count). The third-order valence-corrected chi connectivity index (χ3v) is 6.10. The number of nitrogens with one attached hydrogen (secondary N) is 2. The van der Waals surface area contributed by atoms with Crippen molar-refractivity contribution in [2.24, 2.45) is 0 Å². The molecule has 0 fully saturated rings. The topological polar surface area (TPSA) is 88.9 Å². The molecule has 0 saturated heterocycles. The van der Waals surface area contributed by atoms with Gasteiger partial charge in [-0.3, -0.25) is 14.2 Å². The van der Waals surface area contributed by atoms with Crippen molar-refractivity contribution in [2.75, 3.05) is 17.6 Å². The SMILES string of the molecule is O=C(CSc1nncn1-c1cccc(Cl)c1)Nc1ccccc1C(=O)NCCc1ccccc1. The van der Waals surface area contributed by atoms with Gasteiger partial charge in [-0.15, -0.1) is 10.2 Å². The summed E-state index contributed by atoms with van der Waals surface area (Å²) >= 11 is 7.32. The molecule has 0 aliphatic heterocycles. The third-order valence-electron chi connectivity index (χ3n) is 4.92. The highest BCUT2D eigenvalue weighted by molar-refractivity contribution is 7.99. The van der Waals surface area contributed by atoms with Crippen LogP contribution in [0.3, 0.4) is 0 Å². The van der Waals surface area contributed by atoms with Crippen molar-refractivity contribution in [3.8, 4) is 5.69 Å². The van der Waals surface area contributed by atoms with E-state index >= 15 is 0 Å². The monoisotopic (exact) mass is 491 g/mol. The molecule has 0 radical (unpaired) electrons. The number of anilines is 1. The molecule has 0 spiro atoms. The van der Waals surface area contributed by atoms with Gasteiger partial charge in [0.2, 0.25) is 5.91 Å². The Balaban J connectivity index is 1.34. The summed E-state index contributed by atoms with van der Waals surface area (Å²) in [5.41, 5.74) is 2.82. The number of thioether (sulfide) groups is 1. The number of hydrogen-bond acceptors (Lipinski definition) is 5. The number of carbonyl (C=O) groups excluding carboxylic acids is 2. The summed E-state index contributed by atoms with van der Waals surface area (Å²) in [6, 6.07) is 24.2. The van der Waals surface area contributed by atoms with Crippen LogP contribution in [-0.2, 0) is 11.2 Å². The fourth-order valence-electron chi connectivity index (χ4n) is 3.29. The van der Waals surface area contributed by atoms with Crippen molar-refractivity contribution in [3.05, 3.63) is 101 Å². The van der Waals surface area contributed by atoms with Gasteiger partial charge in [0.05, 0.1) is 22.7 Å². The molecule has 2 N–H and O–H groups in total. The van der Waals surface area contributed by atoms with Gasteiger partial charge in [-0.2, -0.15) is 0 Å². The molecule has 0 aliphatic carbocycles. The Hall–Kier alpha value is -3.62. The summed E-state index contributed by atoms with van der Waals surface area (Å²) in [4.78, 5) is 25.4. The van der Waals surface area contributed by atoms with E-state index in [4.69, 9.17) is 11.6 Å². The maximum absolute atomic E-state index is 12.7. The number of aromatic nitrogens is 3. The lowest BCUT2D eigenvalue weighted by Crippen LogP contribution is -2.27. The van der Waals surface area contributed by atoms with Gasteiger partial charge in [0, 0.05) is 11.6 Å². The normalized spacial score (nSPS) is 10.6. The Labute approximate surface area is 206 Å². The van der Waals surface area contributed by atoms with E-state index in [1.165, 1.54) is 11.8 Å². The molecule has 0 bridgehead atoms. The molecule has 0 aliphatic rings. The largest absolute Gasteiger partial charge is 0.352 e. The summed E-state index contributed by atoms with van der Waals surface area (Å²) in [7, 11) is 0. The van der Waals surface area contributed by atoms with Crippen LogP contribution in [0.1, 0.15) is 15.9 Å². The minimum Gasteiger partial charge on any atom is -0.352 e. The van der Waals surface area contributed by atoms with Gasteiger partial charge >= 0.3 is 0 Å². The lowest BCUT2D eigenvalue weighted by Gasteiger charge is -2.12. The highest BCUT2D eigenvalue weighted by Crippen LogP contribution is 2.22. The Morgan fingerprint density at radius 1 is 0.971 bits per heavy atom. The average molecular weight is 492 g/mol. The number of carbonyl (C=O) groups is 2. The number of para-hydroxylation sites is 1. The van der Waals surface area contributed by atoms with Crippen molar-refractivity contribution >= 4 is 40.9 Å². The number of hydrogen-bond donors (Lipinski definition) is 2. The molecular formula is C25H22ClN5O2S. The zero-order valence-corrected chi connectivity index (χ0v) is 19.7. The molecule has 0 unspecified atom stereocenters. The summed E-state index contributed by atoms with van der Waals surface area (Å²) < 4.78 is 1.76. The lowest BCUT2D eigenvalue weighted by atomic mass is 10.1. The van der Waals surface area contributed by atoms with Crippen molar-refractivity contribution in [1.82, 2.24) is 20.1 Å². The van der Waals surface area contributed by atoms with Gasteiger partial charge in [-0.1, -0.05) is 71.9 Å². The van der Waals surface area contributed by atoms with Gasteiger partial charge in [-0.05, 0) is 42.3 Å². The summed E-state index contributed by atoms with van der Waals surface area (Å²) in [5, 5.41) is 14.9. The highest BCUT2D eigenvalue weighted by Gasteiger charge is 2.15. The molecule has 172 valence electrons. The van der Waals surface area contributed by atoms with Crippen LogP contribution in [0.2, 0.25) is 5.02 Å². The minimum atomic E-state index is -0.254. The number of nitrogens with zero attached hydrogens (tertiary/aromatic N) is 3. The quantitative estimate of drug-likeness (QED) is 0.333. The molecule has 0 saturated carbocycles. The van der Waals surface area contributed by atoms with Gasteiger partial charge in [0.15, 0.2) is 5.16 Å². The second-order valence-corrected chi connectivity index (χ2v) is 8.72. The smallest absolute Gasteiger partial charge is 0.253 e. The number of rotatable bonds is 9. The van der Waals surface area contributed by atoms with Crippen LogP contribution in [0.15, 0.2) is 90.3 Å². The first-order valence-corrected chi connectivity index (χ1v) is 12.0. The van der Waals surface area contributed by atoms with Crippen molar-refractivity contribution in [2.45, 2.75) is 11.6 Å². The number of benzene rings is 3. The maximum Gasteiger partial charge on any atom is 0.253 e. The van der Waals surface area contributed by atoms with E-state index in [0.29, 0.717) is 28.0 Å². The fraction of sp³-hybridized carbons (Fsp3) is 0.120. The van der Waals surface area contributed by atoms with Crippen LogP contribution < -0.4 is 10.6 Å². The summed E-state index contributed by atoms with van der Waals surface area (Å²) in [5.74, 6) is -0.390. The molecule has 3 aromatic carbocycles. The molecule has 9 heteroatoms. The molecule has 0 atom stereocenters. The van der Waals surface area contributed by atoms with Crippen LogP contribution in [0.5, 0.6) is 0 Å². The van der Waals surface area contributed by atoms with E-state index in [-0.39, 0.29) is 17.6 Å². The Bertz CT molecular complexity index is 1280. The average Bonchev–Trinajstić information content (AvgIpc) is 3.32. The second kappa shape index (κ2) is 11.5. The van der Waals surface area contributed by atoms with E-state index in [1.54, 1.807) is 47.3 Å². The summed E-state index contributed by atoms with van der Waals surface area (Å²) in [6.07, 6.45) is 2.30. The third kappa shape index (κ3) is 6.24. The minimum absolute atomic E-state index is 0.100. The standard InChI is InChI=1S/C25H22ClN5O2S/c26-19-9-6-10-20(15-19)31-17-28-30-25(31)34-16-23(32)29-22-12-5-4-11-21(22)24(33)27-14-13-18-7-2-1-3-8-18/h1-12,15,17H,13-14,16H2,(H,27,33)(H,29,32). The van der Waals surface area contributed by atoms with Crippen LogP contribution in [-0.4, -0.2) is 38.9 Å². The summed E-state index contributed by atoms with van der Waals surface area (Å²) in [6.45, 7) is 0.500. The number of halogens is 1. The first kappa shape index (κ1) is 23.5. The van der Waals surface area contributed by atoms with Crippen molar-refractivity contribution in [3.63, 3.8) is 0 Å². The fourth-order valence-corrected chi connectivity index (χ4v) is 4.21. The molecule has 34 heavy (non-hydrogen) atoms. The van der Waals surface area contributed by atoms with E-state index in [0.717, 1.165) is 17.7 Å². The van der Waals surface area contributed by atoms with Gasteiger partial charge < -0.3 is 10.6 Å². The van der Waals surface area contributed by atoms with Crippen LogP contribution in [0, 0.1) is 0 Å². The number of amides is 2.